The number of aryl methyl sites for hydroxylation is 1. The van der Waals surface area contributed by atoms with Crippen LogP contribution in [0.2, 0.25) is 0 Å². The highest BCUT2D eigenvalue weighted by Crippen LogP contribution is 2.28. The number of carbonyl (C=O) groups excluding carboxylic acids is 1. The molecule has 31 heavy (non-hydrogen) atoms. The van der Waals surface area contributed by atoms with Crippen LogP contribution in [0.15, 0.2) is 48.5 Å². The van der Waals surface area contributed by atoms with Crippen LogP contribution >= 0.6 is 0 Å². The lowest BCUT2D eigenvalue weighted by atomic mass is 9.97. The van der Waals surface area contributed by atoms with Gasteiger partial charge in [-0.3, -0.25) is 4.68 Å². The number of nitriles is 1. The molecule has 3 rings (SSSR count). The molecule has 5 nitrogen and oxygen atoms in total. The first-order valence-corrected chi connectivity index (χ1v) is 10.8. The minimum Gasteiger partial charge on any atom is -0.462 e. The summed E-state index contributed by atoms with van der Waals surface area (Å²) in [6, 6.07) is 18.0. The van der Waals surface area contributed by atoms with Crippen LogP contribution in [-0.2, 0) is 17.7 Å². The van der Waals surface area contributed by atoms with Crippen molar-refractivity contribution in [2.24, 2.45) is 0 Å². The summed E-state index contributed by atoms with van der Waals surface area (Å²) < 4.78 is 7.33. The van der Waals surface area contributed by atoms with Gasteiger partial charge in [0.15, 0.2) is 0 Å². The fourth-order valence-electron chi connectivity index (χ4n) is 3.75. The molecule has 0 saturated carbocycles. The van der Waals surface area contributed by atoms with E-state index in [0.717, 1.165) is 41.0 Å². The van der Waals surface area contributed by atoms with E-state index in [2.05, 4.69) is 25.1 Å². The van der Waals surface area contributed by atoms with Crippen molar-refractivity contribution in [3.8, 4) is 17.2 Å². The predicted molar refractivity (Wildman–Crippen MR) is 122 cm³/mol. The molecule has 160 valence electrons. The van der Waals surface area contributed by atoms with Gasteiger partial charge in [0.2, 0.25) is 0 Å². The topological polar surface area (TPSA) is 67.9 Å². The summed E-state index contributed by atoms with van der Waals surface area (Å²) in [5, 5.41) is 14.1. The van der Waals surface area contributed by atoms with Crippen LogP contribution in [0.5, 0.6) is 0 Å². The number of hydrogen-bond acceptors (Lipinski definition) is 4. The summed E-state index contributed by atoms with van der Waals surface area (Å²) >= 11 is 0. The molecular formula is C26H29N3O2. The third-order valence-electron chi connectivity index (χ3n) is 5.23. The van der Waals surface area contributed by atoms with Crippen molar-refractivity contribution < 1.29 is 9.53 Å². The Balaban J connectivity index is 1.99. The molecular weight excluding hydrogens is 386 g/mol. The van der Waals surface area contributed by atoms with Crippen LogP contribution in [0.25, 0.3) is 11.1 Å². The molecule has 0 atom stereocenters. The van der Waals surface area contributed by atoms with Crippen molar-refractivity contribution in [1.82, 2.24) is 9.78 Å². The first-order valence-electron chi connectivity index (χ1n) is 10.8. The molecule has 0 bridgehead atoms. The van der Waals surface area contributed by atoms with Crippen molar-refractivity contribution in [3.63, 3.8) is 0 Å². The molecule has 3 aromatic rings. The van der Waals surface area contributed by atoms with Crippen molar-refractivity contribution in [2.45, 2.75) is 53.0 Å². The largest absolute Gasteiger partial charge is 0.462 e. The number of aromatic nitrogens is 2. The van der Waals surface area contributed by atoms with Crippen LogP contribution in [0.3, 0.4) is 0 Å². The van der Waals surface area contributed by atoms with E-state index in [-0.39, 0.29) is 11.9 Å². The number of hydrogen-bond donors (Lipinski definition) is 0. The lowest BCUT2D eigenvalue weighted by molar-refractivity contribution is 0.0523. The molecule has 0 aliphatic heterocycles. The van der Waals surface area contributed by atoms with Crippen LogP contribution in [0.4, 0.5) is 0 Å². The number of rotatable bonds is 8. The lowest BCUT2D eigenvalue weighted by Gasteiger charge is -2.11. The van der Waals surface area contributed by atoms with Gasteiger partial charge in [-0.05, 0) is 42.0 Å². The maximum absolute atomic E-state index is 12.8. The van der Waals surface area contributed by atoms with Crippen molar-refractivity contribution in [1.29, 1.82) is 5.26 Å². The zero-order valence-corrected chi connectivity index (χ0v) is 18.7. The standard InChI is InChI=1S/C26H29N3O2/c1-5-15-29-23(24(26(30)31-6-2)25(28-29)18(3)4)16-19-11-13-20(14-12-19)22-10-8-7-9-21(22)17-27/h7-14,18H,5-6,15-16H2,1-4H3. The highest BCUT2D eigenvalue weighted by molar-refractivity contribution is 5.92. The molecule has 1 aromatic heterocycles. The molecule has 0 N–H and O–H groups in total. The molecule has 0 radical (unpaired) electrons. The van der Waals surface area contributed by atoms with Crippen LogP contribution < -0.4 is 0 Å². The quantitative estimate of drug-likeness (QED) is 0.441. The Morgan fingerprint density at radius 2 is 1.84 bits per heavy atom. The Morgan fingerprint density at radius 1 is 1.13 bits per heavy atom. The summed E-state index contributed by atoms with van der Waals surface area (Å²) in [6.45, 7) is 9.11. The third-order valence-corrected chi connectivity index (χ3v) is 5.23. The van der Waals surface area contributed by atoms with E-state index >= 15 is 0 Å². The van der Waals surface area contributed by atoms with Gasteiger partial charge in [0.05, 0.1) is 29.6 Å². The maximum Gasteiger partial charge on any atom is 0.341 e. The second-order valence-corrected chi connectivity index (χ2v) is 7.84. The normalized spacial score (nSPS) is 10.8. The second kappa shape index (κ2) is 10.1. The molecule has 2 aromatic carbocycles. The van der Waals surface area contributed by atoms with Gasteiger partial charge in [-0.15, -0.1) is 0 Å². The monoisotopic (exact) mass is 415 g/mol. The van der Waals surface area contributed by atoms with Gasteiger partial charge >= 0.3 is 5.97 Å². The van der Waals surface area contributed by atoms with Gasteiger partial charge < -0.3 is 4.74 Å². The van der Waals surface area contributed by atoms with Crippen molar-refractivity contribution in [2.75, 3.05) is 6.61 Å². The molecule has 0 saturated heterocycles. The van der Waals surface area contributed by atoms with E-state index in [4.69, 9.17) is 9.84 Å². The number of nitrogens with zero attached hydrogens (tertiary/aromatic N) is 3. The Morgan fingerprint density at radius 3 is 2.45 bits per heavy atom. The number of esters is 1. The van der Waals surface area contributed by atoms with E-state index in [1.807, 2.05) is 61.9 Å². The summed E-state index contributed by atoms with van der Waals surface area (Å²) in [6.07, 6.45) is 1.52. The fourth-order valence-corrected chi connectivity index (χ4v) is 3.75. The Labute approximate surface area is 184 Å². The second-order valence-electron chi connectivity index (χ2n) is 7.84. The zero-order chi connectivity index (χ0) is 22.4. The first kappa shape index (κ1) is 22.3. The molecule has 1 heterocycles. The third kappa shape index (κ3) is 4.86. The van der Waals surface area contributed by atoms with E-state index in [1.54, 1.807) is 0 Å². The van der Waals surface area contributed by atoms with Gasteiger partial charge in [-0.1, -0.05) is 63.2 Å². The average Bonchev–Trinajstić information content (AvgIpc) is 3.13. The lowest BCUT2D eigenvalue weighted by Crippen LogP contribution is -2.12. The van der Waals surface area contributed by atoms with E-state index in [1.165, 1.54) is 0 Å². The van der Waals surface area contributed by atoms with Crippen LogP contribution in [0, 0.1) is 11.3 Å². The van der Waals surface area contributed by atoms with E-state index < -0.39 is 0 Å². The molecule has 0 amide bonds. The van der Waals surface area contributed by atoms with E-state index in [9.17, 15) is 10.1 Å². The van der Waals surface area contributed by atoms with Gasteiger partial charge in [-0.2, -0.15) is 10.4 Å². The first-order chi connectivity index (χ1) is 15.0. The summed E-state index contributed by atoms with van der Waals surface area (Å²) in [4.78, 5) is 12.8. The van der Waals surface area contributed by atoms with Gasteiger partial charge in [0.25, 0.3) is 0 Å². The maximum atomic E-state index is 12.8. The van der Waals surface area contributed by atoms with Crippen molar-refractivity contribution in [3.05, 3.63) is 76.6 Å². The van der Waals surface area contributed by atoms with Crippen molar-refractivity contribution >= 4 is 5.97 Å². The minimum absolute atomic E-state index is 0.126. The molecule has 0 aliphatic carbocycles. The fraction of sp³-hybridized carbons (Fsp3) is 0.346. The average molecular weight is 416 g/mol. The highest BCUT2D eigenvalue weighted by atomic mass is 16.5. The van der Waals surface area contributed by atoms with Gasteiger partial charge in [0.1, 0.15) is 5.56 Å². The summed E-state index contributed by atoms with van der Waals surface area (Å²) in [5.41, 5.74) is 5.94. The summed E-state index contributed by atoms with van der Waals surface area (Å²) in [5.74, 6) is -0.177. The minimum atomic E-state index is -0.303. The number of ether oxygens (including phenoxy) is 1. The highest BCUT2D eigenvalue weighted by Gasteiger charge is 2.26. The zero-order valence-electron chi connectivity index (χ0n) is 18.7. The molecule has 0 fully saturated rings. The molecule has 5 heteroatoms. The van der Waals surface area contributed by atoms with Gasteiger partial charge in [0, 0.05) is 13.0 Å². The predicted octanol–water partition coefficient (Wildman–Crippen LogP) is 5.72. The smallest absolute Gasteiger partial charge is 0.341 e. The van der Waals surface area contributed by atoms with E-state index in [0.29, 0.717) is 24.2 Å². The Bertz CT molecular complexity index is 1090. The number of carbonyl (C=O) groups is 1. The number of benzene rings is 2. The SMILES string of the molecule is CCCn1nc(C(C)C)c(C(=O)OCC)c1Cc1ccc(-c2ccccc2C#N)cc1. The molecule has 0 aliphatic rings. The van der Waals surface area contributed by atoms with Crippen LogP contribution in [0.1, 0.15) is 72.9 Å². The Hall–Kier alpha value is -3.39. The molecule has 0 unspecified atom stereocenters. The van der Waals surface area contributed by atoms with Gasteiger partial charge in [-0.25, -0.2) is 4.79 Å². The van der Waals surface area contributed by atoms with Crippen LogP contribution in [-0.4, -0.2) is 22.4 Å². The molecule has 0 spiro atoms. The summed E-state index contributed by atoms with van der Waals surface area (Å²) in [7, 11) is 0. The Kier molecular flexibility index (Phi) is 7.25.